The fourth-order valence-electron chi connectivity index (χ4n) is 3.55. The molecule has 2 aliphatic rings. The lowest BCUT2D eigenvalue weighted by Crippen LogP contribution is -2.50. The van der Waals surface area contributed by atoms with Crippen molar-refractivity contribution in [2.24, 2.45) is 5.92 Å². The zero-order chi connectivity index (χ0) is 14.6. The Kier molecular flexibility index (Phi) is 5.87. The van der Waals surface area contributed by atoms with Crippen molar-refractivity contribution >= 4 is 10.0 Å². The van der Waals surface area contributed by atoms with Crippen molar-refractivity contribution in [3.8, 4) is 0 Å². The maximum absolute atomic E-state index is 12.0. The number of nitrogens with one attached hydrogen (secondary N) is 1. The van der Waals surface area contributed by atoms with E-state index in [1.165, 1.54) is 25.7 Å². The minimum absolute atomic E-state index is 0.296. The summed E-state index contributed by atoms with van der Waals surface area (Å²) in [6.07, 6.45) is 7.97. The molecule has 0 aromatic rings. The van der Waals surface area contributed by atoms with Gasteiger partial charge >= 0.3 is 0 Å². The molecule has 1 heterocycles. The smallest absolute Gasteiger partial charge is 0.214 e. The molecule has 2 rings (SSSR count). The minimum Gasteiger partial charge on any atom is -0.311 e. The van der Waals surface area contributed by atoms with Crippen LogP contribution in [0, 0.1) is 5.92 Å². The van der Waals surface area contributed by atoms with Gasteiger partial charge in [-0.3, -0.25) is 0 Å². The summed E-state index contributed by atoms with van der Waals surface area (Å²) < 4.78 is 25.8. The highest BCUT2D eigenvalue weighted by atomic mass is 32.2. The van der Waals surface area contributed by atoms with Gasteiger partial charge in [0.25, 0.3) is 0 Å². The molecule has 5 heteroatoms. The van der Waals surface area contributed by atoms with Gasteiger partial charge in [-0.2, -0.15) is 0 Å². The van der Waals surface area contributed by atoms with Gasteiger partial charge in [-0.15, -0.1) is 0 Å². The van der Waals surface area contributed by atoms with Crippen LogP contribution in [0.15, 0.2) is 0 Å². The lowest BCUT2D eigenvalue weighted by atomic mass is 9.85. The summed E-state index contributed by atoms with van der Waals surface area (Å²) in [6, 6.07) is 1.15. The Hall–Kier alpha value is -0.130. The Morgan fingerprint density at radius 2 is 1.75 bits per heavy atom. The van der Waals surface area contributed by atoms with Crippen LogP contribution in [0.3, 0.4) is 0 Å². The summed E-state index contributed by atoms with van der Waals surface area (Å²) >= 11 is 0. The molecule has 0 amide bonds. The zero-order valence-electron chi connectivity index (χ0n) is 13.0. The molecule has 1 aliphatic carbocycles. The van der Waals surface area contributed by atoms with Crippen molar-refractivity contribution in [1.82, 2.24) is 9.62 Å². The summed E-state index contributed by atoms with van der Waals surface area (Å²) in [6.45, 7) is 5.66. The highest BCUT2D eigenvalue weighted by Gasteiger charge is 2.29. The molecule has 0 spiro atoms. The van der Waals surface area contributed by atoms with Gasteiger partial charge in [0.05, 0.1) is 5.75 Å². The third-order valence-corrected chi connectivity index (χ3v) is 6.95. The van der Waals surface area contributed by atoms with E-state index < -0.39 is 10.0 Å². The number of rotatable bonds is 5. The fourth-order valence-corrected chi connectivity index (χ4v) is 5.10. The third-order valence-electron chi connectivity index (χ3n) is 4.87. The van der Waals surface area contributed by atoms with Gasteiger partial charge in [0.2, 0.25) is 10.0 Å². The second-order valence-corrected chi connectivity index (χ2v) is 8.61. The number of hydrogen-bond acceptors (Lipinski definition) is 3. The van der Waals surface area contributed by atoms with Gasteiger partial charge < -0.3 is 5.32 Å². The second kappa shape index (κ2) is 7.23. The van der Waals surface area contributed by atoms with Gasteiger partial charge in [0.1, 0.15) is 0 Å². The van der Waals surface area contributed by atoms with E-state index in [2.05, 4.69) is 12.2 Å². The molecule has 2 unspecified atom stereocenters. The first-order valence-electron chi connectivity index (χ1n) is 8.27. The van der Waals surface area contributed by atoms with Crippen molar-refractivity contribution in [2.75, 3.05) is 18.8 Å². The third kappa shape index (κ3) is 4.18. The lowest BCUT2D eigenvalue weighted by molar-refractivity contribution is 0.216. The van der Waals surface area contributed by atoms with E-state index >= 15 is 0 Å². The monoisotopic (exact) mass is 302 g/mol. The molecule has 1 aliphatic heterocycles. The van der Waals surface area contributed by atoms with Crippen molar-refractivity contribution in [3.05, 3.63) is 0 Å². The summed E-state index contributed by atoms with van der Waals surface area (Å²) in [5, 5.41) is 3.79. The Morgan fingerprint density at radius 3 is 2.35 bits per heavy atom. The molecule has 0 aromatic heterocycles. The van der Waals surface area contributed by atoms with Crippen LogP contribution in [-0.2, 0) is 10.0 Å². The molecule has 2 fully saturated rings. The largest absolute Gasteiger partial charge is 0.311 e. The highest BCUT2D eigenvalue weighted by molar-refractivity contribution is 7.89. The van der Waals surface area contributed by atoms with E-state index in [-0.39, 0.29) is 0 Å². The van der Waals surface area contributed by atoms with Crippen molar-refractivity contribution < 1.29 is 8.42 Å². The minimum atomic E-state index is -3.00. The molecular weight excluding hydrogens is 272 g/mol. The van der Waals surface area contributed by atoms with E-state index in [1.54, 1.807) is 4.31 Å². The first kappa shape index (κ1) is 16.2. The van der Waals surface area contributed by atoms with Crippen LogP contribution in [0.4, 0.5) is 0 Å². The van der Waals surface area contributed by atoms with Gasteiger partial charge in [-0.1, -0.05) is 26.7 Å². The van der Waals surface area contributed by atoms with Crippen molar-refractivity contribution in [3.63, 3.8) is 0 Å². The average molecular weight is 302 g/mol. The molecule has 1 N–H and O–H groups in total. The quantitative estimate of drug-likeness (QED) is 0.848. The lowest BCUT2D eigenvalue weighted by Gasteiger charge is -2.37. The van der Waals surface area contributed by atoms with E-state index in [0.717, 1.165) is 18.8 Å². The molecule has 20 heavy (non-hydrogen) atoms. The molecule has 4 nitrogen and oxygen atoms in total. The Bertz CT molecular complexity index is 389. The number of piperidine rings is 1. The first-order valence-corrected chi connectivity index (χ1v) is 9.87. The van der Waals surface area contributed by atoms with E-state index in [0.29, 0.717) is 37.3 Å². The summed E-state index contributed by atoms with van der Waals surface area (Å²) in [7, 11) is -3.00. The standard InChI is InChI=1S/C15H30N2O2S/c1-3-12-20(18,19)17-10-8-14(9-11-17)16-15-7-5-4-6-13(15)2/h13-16H,3-12H2,1-2H3. The maximum Gasteiger partial charge on any atom is 0.214 e. The van der Waals surface area contributed by atoms with Crippen molar-refractivity contribution in [1.29, 1.82) is 0 Å². The molecule has 0 bridgehead atoms. The molecule has 2 atom stereocenters. The van der Waals surface area contributed by atoms with Crippen LogP contribution in [0.5, 0.6) is 0 Å². The van der Waals surface area contributed by atoms with Gasteiger partial charge in [0.15, 0.2) is 0 Å². The van der Waals surface area contributed by atoms with Crippen LogP contribution in [0.2, 0.25) is 0 Å². The zero-order valence-corrected chi connectivity index (χ0v) is 13.8. The van der Waals surface area contributed by atoms with E-state index in [4.69, 9.17) is 0 Å². The Balaban J connectivity index is 1.79. The predicted molar refractivity (Wildman–Crippen MR) is 83.2 cm³/mol. The molecule has 1 saturated carbocycles. The highest BCUT2D eigenvalue weighted by Crippen LogP contribution is 2.25. The van der Waals surface area contributed by atoms with Crippen LogP contribution < -0.4 is 5.32 Å². The van der Waals surface area contributed by atoms with Crippen LogP contribution in [0.25, 0.3) is 0 Å². The fraction of sp³-hybridized carbons (Fsp3) is 1.00. The Morgan fingerprint density at radius 1 is 1.10 bits per heavy atom. The summed E-state index contributed by atoms with van der Waals surface area (Å²) in [5.74, 6) is 1.07. The van der Waals surface area contributed by atoms with Gasteiger partial charge in [0, 0.05) is 25.2 Å². The first-order chi connectivity index (χ1) is 9.53. The molecule has 1 saturated heterocycles. The SMILES string of the molecule is CCCS(=O)(=O)N1CCC(NC2CCCCC2C)CC1. The van der Waals surface area contributed by atoms with Crippen LogP contribution in [0.1, 0.15) is 58.8 Å². The average Bonchev–Trinajstić information content (AvgIpc) is 2.42. The normalized spacial score (nSPS) is 30.5. The molecule has 118 valence electrons. The number of sulfonamides is 1. The molecule has 0 radical (unpaired) electrons. The number of nitrogens with zero attached hydrogens (tertiary/aromatic N) is 1. The predicted octanol–water partition coefficient (Wildman–Crippen LogP) is 2.36. The molecule has 0 aromatic carbocycles. The maximum atomic E-state index is 12.0. The number of hydrogen-bond donors (Lipinski definition) is 1. The van der Waals surface area contributed by atoms with E-state index in [9.17, 15) is 8.42 Å². The van der Waals surface area contributed by atoms with Crippen LogP contribution >= 0.6 is 0 Å². The summed E-state index contributed by atoms with van der Waals surface area (Å²) in [5.41, 5.74) is 0. The van der Waals surface area contributed by atoms with Crippen molar-refractivity contribution in [2.45, 2.75) is 70.9 Å². The van der Waals surface area contributed by atoms with Crippen LogP contribution in [-0.4, -0.2) is 43.6 Å². The Labute approximate surface area is 124 Å². The van der Waals surface area contributed by atoms with E-state index in [1.807, 2.05) is 6.92 Å². The summed E-state index contributed by atoms with van der Waals surface area (Å²) in [4.78, 5) is 0. The van der Waals surface area contributed by atoms with Gasteiger partial charge in [-0.25, -0.2) is 12.7 Å². The van der Waals surface area contributed by atoms with Gasteiger partial charge in [-0.05, 0) is 38.0 Å². The molecular formula is C15H30N2O2S. The second-order valence-electron chi connectivity index (χ2n) is 6.52. The topological polar surface area (TPSA) is 49.4 Å².